The Morgan fingerprint density at radius 1 is 1.00 bits per heavy atom. The number of ether oxygens (including phenoxy) is 1. The van der Waals surface area contributed by atoms with Gasteiger partial charge >= 0.3 is 0 Å². The first-order valence-corrected chi connectivity index (χ1v) is 13.1. The molecule has 0 aliphatic rings. The molecule has 0 aliphatic carbocycles. The van der Waals surface area contributed by atoms with E-state index in [9.17, 15) is 14.6 Å². The van der Waals surface area contributed by atoms with Crippen LogP contribution < -0.4 is 9.64 Å². The number of nitrogens with zero attached hydrogens (tertiary/aromatic N) is 3. The molecule has 0 radical (unpaired) electrons. The van der Waals surface area contributed by atoms with Crippen LogP contribution in [0.4, 0.5) is 10.1 Å². The Morgan fingerprint density at radius 2 is 1.66 bits per heavy atom. The second-order valence-electron chi connectivity index (χ2n) is 9.45. The molecule has 8 heteroatoms. The zero-order chi connectivity index (χ0) is 27.7. The SMILES string of the molecule is CC[C@@H](c1ccc(F)cc1)N(CCN(C)C[C@@H](O)c1ccc(C#N)cc1)c1ccc(OC[C@@H](C)O)cc1Cl. The summed E-state index contributed by atoms with van der Waals surface area (Å²) in [7, 11) is 1.94. The molecule has 0 spiro atoms. The molecule has 3 aromatic carbocycles. The molecule has 202 valence electrons. The summed E-state index contributed by atoms with van der Waals surface area (Å²) < 4.78 is 19.3. The van der Waals surface area contributed by atoms with Gasteiger partial charge in [-0.1, -0.05) is 42.8 Å². The highest BCUT2D eigenvalue weighted by Gasteiger charge is 2.23. The van der Waals surface area contributed by atoms with Gasteiger partial charge in [-0.05, 0) is 67.9 Å². The lowest BCUT2D eigenvalue weighted by Gasteiger charge is -2.36. The Labute approximate surface area is 229 Å². The largest absolute Gasteiger partial charge is 0.491 e. The standard InChI is InChI=1S/C30H35ClFN3O3/c1-4-28(23-9-11-25(32)12-10-23)35(29-14-13-26(17-27(29)31)38-20-21(2)36)16-15-34(3)19-30(37)24-7-5-22(18-33)6-8-24/h5-14,17,21,28,30,36-37H,4,15-16,19-20H2,1-3H3/t21-,28+,30-/m1/s1. The third-order valence-corrected chi connectivity index (χ3v) is 6.67. The van der Waals surface area contributed by atoms with Crippen LogP contribution in [0.15, 0.2) is 66.7 Å². The van der Waals surface area contributed by atoms with Crippen molar-refractivity contribution in [2.24, 2.45) is 0 Å². The molecule has 38 heavy (non-hydrogen) atoms. The lowest BCUT2D eigenvalue weighted by Crippen LogP contribution is -2.37. The number of nitriles is 1. The maximum absolute atomic E-state index is 13.7. The van der Waals surface area contributed by atoms with Gasteiger partial charge in [0, 0.05) is 25.7 Å². The van der Waals surface area contributed by atoms with Crippen LogP contribution >= 0.6 is 11.6 Å². The molecule has 0 saturated carbocycles. The lowest BCUT2D eigenvalue weighted by atomic mass is 10.0. The van der Waals surface area contributed by atoms with Crippen LogP contribution in [0.3, 0.4) is 0 Å². The Morgan fingerprint density at radius 3 is 2.24 bits per heavy atom. The van der Waals surface area contributed by atoms with Gasteiger partial charge in [-0.15, -0.1) is 0 Å². The van der Waals surface area contributed by atoms with Gasteiger partial charge in [-0.3, -0.25) is 0 Å². The predicted octanol–water partition coefficient (Wildman–Crippen LogP) is 5.73. The molecular weight excluding hydrogens is 505 g/mol. The second-order valence-corrected chi connectivity index (χ2v) is 9.86. The molecule has 0 aromatic heterocycles. The molecule has 0 heterocycles. The minimum Gasteiger partial charge on any atom is -0.491 e. The van der Waals surface area contributed by atoms with E-state index in [1.807, 2.05) is 24.1 Å². The third-order valence-electron chi connectivity index (χ3n) is 6.37. The average molecular weight is 540 g/mol. The number of aliphatic hydroxyl groups is 2. The summed E-state index contributed by atoms with van der Waals surface area (Å²) in [5.41, 5.74) is 3.09. The highest BCUT2D eigenvalue weighted by molar-refractivity contribution is 6.33. The highest BCUT2D eigenvalue weighted by atomic mass is 35.5. The minimum absolute atomic E-state index is 0.0609. The first-order valence-electron chi connectivity index (χ1n) is 12.7. The number of hydrogen-bond acceptors (Lipinski definition) is 6. The zero-order valence-corrected chi connectivity index (χ0v) is 22.8. The van der Waals surface area contributed by atoms with E-state index in [0.717, 1.165) is 23.2 Å². The molecule has 0 aliphatic heterocycles. The Hall–Kier alpha value is -3.15. The van der Waals surface area contributed by atoms with Crippen LogP contribution in [0.2, 0.25) is 5.02 Å². The number of halogens is 2. The van der Waals surface area contributed by atoms with E-state index in [1.165, 1.54) is 12.1 Å². The summed E-state index contributed by atoms with van der Waals surface area (Å²) in [4.78, 5) is 4.24. The van der Waals surface area contributed by atoms with Crippen LogP contribution in [-0.2, 0) is 0 Å². The Bertz CT molecular complexity index is 1200. The highest BCUT2D eigenvalue weighted by Crippen LogP contribution is 2.36. The Balaban J connectivity index is 1.80. The smallest absolute Gasteiger partial charge is 0.123 e. The number of hydrogen-bond donors (Lipinski definition) is 2. The lowest BCUT2D eigenvalue weighted by molar-refractivity contribution is 0.123. The van der Waals surface area contributed by atoms with Crippen molar-refractivity contribution in [2.45, 2.75) is 38.5 Å². The van der Waals surface area contributed by atoms with Crippen molar-refractivity contribution in [1.82, 2.24) is 4.90 Å². The van der Waals surface area contributed by atoms with E-state index < -0.39 is 12.2 Å². The monoisotopic (exact) mass is 539 g/mol. The fourth-order valence-electron chi connectivity index (χ4n) is 4.34. The topological polar surface area (TPSA) is 80.0 Å². The van der Waals surface area contributed by atoms with Crippen molar-refractivity contribution in [2.75, 3.05) is 38.2 Å². The van der Waals surface area contributed by atoms with Gasteiger partial charge in [0.05, 0.1) is 40.6 Å². The first kappa shape index (κ1) is 29.4. The van der Waals surface area contributed by atoms with Crippen LogP contribution in [0.25, 0.3) is 0 Å². The van der Waals surface area contributed by atoms with Gasteiger partial charge in [-0.2, -0.15) is 5.26 Å². The predicted molar refractivity (Wildman–Crippen MR) is 149 cm³/mol. The maximum atomic E-state index is 13.7. The van der Waals surface area contributed by atoms with Crippen LogP contribution in [-0.4, -0.2) is 54.5 Å². The van der Waals surface area contributed by atoms with Crippen LogP contribution in [0.5, 0.6) is 5.75 Å². The van der Waals surface area contributed by atoms with Crippen molar-refractivity contribution >= 4 is 17.3 Å². The van der Waals surface area contributed by atoms with E-state index >= 15 is 0 Å². The molecule has 2 N–H and O–H groups in total. The Kier molecular flexibility index (Phi) is 10.9. The number of aliphatic hydroxyl groups excluding tert-OH is 2. The van der Waals surface area contributed by atoms with Gasteiger partial charge in [0.2, 0.25) is 0 Å². The van der Waals surface area contributed by atoms with E-state index in [2.05, 4.69) is 17.9 Å². The van der Waals surface area contributed by atoms with Crippen molar-refractivity contribution in [1.29, 1.82) is 5.26 Å². The van der Waals surface area contributed by atoms with Gasteiger partial charge < -0.3 is 24.7 Å². The van der Waals surface area contributed by atoms with Crippen molar-refractivity contribution in [3.63, 3.8) is 0 Å². The van der Waals surface area contributed by atoms with Gasteiger partial charge in [0.1, 0.15) is 18.2 Å². The molecule has 3 atom stereocenters. The summed E-state index contributed by atoms with van der Waals surface area (Å²) in [5.74, 6) is 0.279. The molecule has 3 rings (SSSR count). The fourth-order valence-corrected chi connectivity index (χ4v) is 4.62. The first-order chi connectivity index (χ1) is 18.2. The summed E-state index contributed by atoms with van der Waals surface area (Å²) in [6.07, 6.45) is -0.530. The summed E-state index contributed by atoms with van der Waals surface area (Å²) >= 11 is 6.74. The number of benzene rings is 3. The molecule has 6 nitrogen and oxygen atoms in total. The number of anilines is 1. The van der Waals surface area contributed by atoms with Crippen molar-refractivity contribution < 1.29 is 19.3 Å². The normalized spacial score (nSPS) is 13.6. The van der Waals surface area contributed by atoms with E-state index in [4.69, 9.17) is 21.6 Å². The summed E-state index contributed by atoms with van der Waals surface area (Å²) in [6, 6.07) is 20.9. The molecule has 0 fully saturated rings. The van der Waals surface area contributed by atoms with Crippen molar-refractivity contribution in [3.05, 3.63) is 94.3 Å². The molecule has 3 aromatic rings. The molecule has 0 amide bonds. The zero-order valence-electron chi connectivity index (χ0n) is 22.0. The van der Waals surface area contributed by atoms with Gasteiger partial charge in [-0.25, -0.2) is 4.39 Å². The van der Waals surface area contributed by atoms with Crippen molar-refractivity contribution in [3.8, 4) is 11.8 Å². The molecule has 0 unspecified atom stereocenters. The van der Waals surface area contributed by atoms with Crippen LogP contribution in [0, 0.1) is 17.1 Å². The summed E-state index contributed by atoms with van der Waals surface area (Å²) in [5, 5.41) is 29.8. The van der Waals surface area contributed by atoms with Crippen LogP contribution in [0.1, 0.15) is 49.1 Å². The summed E-state index contributed by atoms with van der Waals surface area (Å²) in [6.45, 7) is 5.53. The fraction of sp³-hybridized carbons (Fsp3) is 0.367. The molecule has 0 saturated heterocycles. The molecular formula is C30H35ClFN3O3. The average Bonchev–Trinajstić information content (AvgIpc) is 2.91. The quantitative estimate of drug-likeness (QED) is 0.288. The van der Waals surface area contributed by atoms with E-state index in [-0.39, 0.29) is 18.5 Å². The number of rotatable bonds is 13. The molecule has 0 bridgehead atoms. The van der Waals surface area contributed by atoms with Gasteiger partial charge in [0.25, 0.3) is 0 Å². The second kappa shape index (κ2) is 14.1. The minimum atomic E-state index is -0.700. The van der Waals surface area contributed by atoms with E-state index in [1.54, 1.807) is 49.4 Å². The number of likely N-dealkylation sites (N-methyl/N-ethyl adjacent to an activating group) is 1. The van der Waals surface area contributed by atoms with E-state index in [0.29, 0.717) is 36.0 Å². The van der Waals surface area contributed by atoms with Gasteiger partial charge in [0.15, 0.2) is 0 Å². The third kappa shape index (κ3) is 8.17. The maximum Gasteiger partial charge on any atom is 0.123 e.